The van der Waals surface area contributed by atoms with E-state index >= 15 is 0 Å². The zero-order valence-corrected chi connectivity index (χ0v) is 20.0. The maximum absolute atomic E-state index is 13.1. The van der Waals surface area contributed by atoms with E-state index in [1.165, 1.54) is 7.11 Å². The zero-order valence-electron chi connectivity index (χ0n) is 20.0. The van der Waals surface area contributed by atoms with Gasteiger partial charge in [0.05, 0.1) is 25.9 Å². The van der Waals surface area contributed by atoms with Crippen LogP contribution in [0.25, 0.3) is 0 Å². The van der Waals surface area contributed by atoms with Gasteiger partial charge in [0.15, 0.2) is 5.78 Å². The molecule has 0 aromatic heterocycles. The van der Waals surface area contributed by atoms with Gasteiger partial charge in [-0.15, -0.1) is 0 Å². The molecule has 0 radical (unpaired) electrons. The molecule has 2 aromatic carbocycles. The van der Waals surface area contributed by atoms with Crippen molar-refractivity contribution in [2.45, 2.75) is 46.6 Å². The van der Waals surface area contributed by atoms with Gasteiger partial charge in [-0.3, -0.25) is 15.5 Å². The first kappa shape index (κ1) is 24.1. The Morgan fingerprint density at radius 3 is 2.52 bits per heavy atom. The molecule has 0 spiro atoms. The van der Waals surface area contributed by atoms with Crippen LogP contribution in [-0.2, 0) is 16.7 Å². The summed E-state index contributed by atoms with van der Waals surface area (Å²) in [7, 11) is 1.27. The van der Waals surface area contributed by atoms with Gasteiger partial charge in [-0.25, -0.2) is 4.79 Å². The van der Waals surface area contributed by atoms with Gasteiger partial charge >= 0.3 is 6.09 Å². The molecule has 8 heteroatoms. The predicted molar refractivity (Wildman–Crippen MR) is 127 cm³/mol. The SMILES string of the molecule is CCOc1cc2c(cc1NC(=O)OC)C(=N)N(CC(=O)c1cc(C)c(O)c(C(C)(C)C)c1)C2. The van der Waals surface area contributed by atoms with Crippen LogP contribution in [0.1, 0.15) is 60.3 Å². The van der Waals surface area contributed by atoms with Crippen LogP contribution in [0, 0.1) is 12.3 Å². The molecule has 33 heavy (non-hydrogen) atoms. The van der Waals surface area contributed by atoms with Gasteiger partial charge in [0, 0.05) is 23.2 Å². The van der Waals surface area contributed by atoms with E-state index in [0.717, 1.165) is 5.56 Å². The summed E-state index contributed by atoms with van der Waals surface area (Å²) in [6.07, 6.45) is -0.634. The van der Waals surface area contributed by atoms with Crippen molar-refractivity contribution in [1.82, 2.24) is 4.90 Å². The second-order valence-electron chi connectivity index (χ2n) is 9.12. The average molecular weight is 454 g/mol. The van der Waals surface area contributed by atoms with E-state index in [2.05, 4.69) is 10.1 Å². The number of amides is 1. The number of amidine groups is 1. The molecule has 0 saturated heterocycles. The van der Waals surface area contributed by atoms with Crippen LogP contribution in [0.4, 0.5) is 10.5 Å². The molecule has 0 saturated carbocycles. The standard InChI is InChI=1S/C25H31N3O5/c1-7-33-21-10-16-12-28(23(26)17(16)11-19(21)27-24(31)32-6)13-20(29)15-8-14(2)22(30)18(9-15)25(3,4)5/h8-11,26,30H,7,12-13H2,1-6H3,(H,27,31). The molecule has 3 rings (SSSR count). The summed E-state index contributed by atoms with van der Waals surface area (Å²) in [5, 5.41) is 21.7. The third kappa shape index (κ3) is 4.94. The second kappa shape index (κ2) is 9.13. The van der Waals surface area contributed by atoms with Crippen molar-refractivity contribution in [3.05, 3.63) is 52.1 Å². The number of anilines is 1. The summed E-state index contributed by atoms with van der Waals surface area (Å²) in [6.45, 7) is 10.4. The van der Waals surface area contributed by atoms with Crippen molar-refractivity contribution in [1.29, 1.82) is 5.41 Å². The molecule has 176 valence electrons. The third-order valence-electron chi connectivity index (χ3n) is 5.62. The van der Waals surface area contributed by atoms with E-state index in [-0.39, 0.29) is 29.3 Å². The molecule has 0 atom stereocenters. The largest absolute Gasteiger partial charge is 0.507 e. The number of nitrogens with one attached hydrogen (secondary N) is 2. The molecule has 8 nitrogen and oxygen atoms in total. The number of phenols is 1. The molecule has 0 fully saturated rings. The first-order chi connectivity index (χ1) is 15.5. The Bertz CT molecular complexity index is 1120. The lowest BCUT2D eigenvalue weighted by Crippen LogP contribution is -2.30. The number of Topliss-reactive ketones (excluding diaryl/α,β-unsaturated/α-hetero) is 1. The summed E-state index contributed by atoms with van der Waals surface area (Å²) in [4.78, 5) is 26.5. The minimum absolute atomic E-state index is 0.0189. The topological polar surface area (TPSA) is 112 Å². The number of carbonyl (C=O) groups excluding carboxylic acids is 2. The number of aryl methyl sites for hydroxylation is 1. The second-order valence-corrected chi connectivity index (χ2v) is 9.12. The van der Waals surface area contributed by atoms with E-state index in [4.69, 9.17) is 10.1 Å². The number of methoxy groups -OCH3 is 1. The lowest BCUT2D eigenvalue weighted by atomic mass is 9.83. The summed E-state index contributed by atoms with van der Waals surface area (Å²) < 4.78 is 10.3. The molecule has 1 heterocycles. The molecule has 1 amide bonds. The molecule has 0 aliphatic carbocycles. The first-order valence-corrected chi connectivity index (χ1v) is 10.8. The average Bonchev–Trinajstić information content (AvgIpc) is 3.03. The summed E-state index contributed by atoms with van der Waals surface area (Å²) in [5.41, 5.74) is 3.40. The third-order valence-corrected chi connectivity index (χ3v) is 5.62. The Labute approximate surface area is 194 Å². The number of rotatable bonds is 6. The highest BCUT2D eigenvalue weighted by Crippen LogP contribution is 2.36. The summed E-state index contributed by atoms with van der Waals surface area (Å²) in [5.74, 6) is 0.737. The quantitative estimate of drug-likeness (QED) is 0.551. The molecule has 0 unspecified atom stereocenters. The Kier molecular flexibility index (Phi) is 6.67. The normalized spacial score (nSPS) is 13.0. The molecule has 2 aromatic rings. The number of ether oxygens (including phenoxy) is 2. The van der Waals surface area contributed by atoms with Gasteiger partial charge in [0.1, 0.15) is 17.3 Å². The first-order valence-electron chi connectivity index (χ1n) is 10.8. The number of hydrogen-bond acceptors (Lipinski definition) is 6. The van der Waals surface area contributed by atoms with Crippen molar-refractivity contribution in [2.75, 3.05) is 25.6 Å². The van der Waals surface area contributed by atoms with Crippen molar-refractivity contribution >= 4 is 23.4 Å². The number of hydrogen-bond donors (Lipinski definition) is 3. The van der Waals surface area contributed by atoms with Crippen LogP contribution >= 0.6 is 0 Å². The lowest BCUT2D eigenvalue weighted by molar-refractivity contribution is 0.0962. The number of benzene rings is 2. The van der Waals surface area contributed by atoms with Crippen molar-refractivity contribution < 1.29 is 24.2 Å². The summed E-state index contributed by atoms with van der Waals surface area (Å²) >= 11 is 0. The predicted octanol–water partition coefficient (Wildman–Crippen LogP) is 4.60. The Balaban J connectivity index is 1.87. The fourth-order valence-electron chi connectivity index (χ4n) is 3.87. The van der Waals surface area contributed by atoms with Gasteiger partial charge < -0.3 is 19.5 Å². The van der Waals surface area contributed by atoms with Crippen LogP contribution in [0.5, 0.6) is 11.5 Å². The van der Waals surface area contributed by atoms with E-state index in [1.54, 1.807) is 36.1 Å². The highest BCUT2D eigenvalue weighted by molar-refractivity contribution is 6.06. The van der Waals surface area contributed by atoms with Crippen LogP contribution < -0.4 is 10.1 Å². The molecule has 3 N–H and O–H groups in total. The van der Waals surface area contributed by atoms with Gasteiger partial charge in [0.25, 0.3) is 0 Å². The smallest absolute Gasteiger partial charge is 0.411 e. The molecule has 1 aliphatic heterocycles. The van der Waals surface area contributed by atoms with Gasteiger partial charge in [-0.2, -0.15) is 0 Å². The molecular weight excluding hydrogens is 422 g/mol. The van der Waals surface area contributed by atoms with Crippen molar-refractivity contribution in [3.63, 3.8) is 0 Å². The fraction of sp³-hybridized carbons (Fsp3) is 0.400. The Hall–Kier alpha value is -3.55. The zero-order chi connectivity index (χ0) is 24.5. The van der Waals surface area contributed by atoms with E-state index in [0.29, 0.717) is 46.8 Å². The minimum atomic E-state index is -0.634. The number of fused-ring (bicyclic) bond motifs is 1. The number of phenolic OH excluding ortho intramolecular Hbond substituents is 1. The van der Waals surface area contributed by atoms with Gasteiger partial charge in [0.2, 0.25) is 0 Å². The van der Waals surface area contributed by atoms with Crippen LogP contribution in [-0.4, -0.2) is 48.0 Å². The lowest BCUT2D eigenvalue weighted by Gasteiger charge is -2.23. The molecule has 1 aliphatic rings. The number of nitrogens with zero attached hydrogens (tertiary/aromatic N) is 1. The van der Waals surface area contributed by atoms with Crippen LogP contribution in [0.2, 0.25) is 0 Å². The van der Waals surface area contributed by atoms with E-state index in [1.807, 2.05) is 27.7 Å². The highest BCUT2D eigenvalue weighted by atomic mass is 16.5. The highest BCUT2D eigenvalue weighted by Gasteiger charge is 2.29. The maximum Gasteiger partial charge on any atom is 0.411 e. The number of aromatic hydroxyl groups is 1. The van der Waals surface area contributed by atoms with Crippen molar-refractivity contribution in [2.24, 2.45) is 0 Å². The monoisotopic (exact) mass is 453 g/mol. The number of carbonyl (C=O) groups is 2. The fourth-order valence-corrected chi connectivity index (χ4v) is 3.87. The van der Waals surface area contributed by atoms with E-state index < -0.39 is 6.09 Å². The molecular formula is C25H31N3O5. The Morgan fingerprint density at radius 2 is 1.91 bits per heavy atom. The minimum Gasteiger partial charge on any atom is -0.507 e. The Morgan fingerprint density at radius 1 is 1.21 bits per heavy atom. The van der Waals surface area contributed by atoms with Crippen molar-refractivity contribution in [3.8, 4) is 11.5 Å². The van der Waals surface area contributed by atoms with Crippen LogP contribution in [0.15, 0.2) is 24.3 Å². The molecule has 0 bridgehead atoms. The van der Waals surface area contributed by atoms with E-state index in [9.17, 15) is 14.7 Å². The van der Waals surface area contributed by atoms with Gasteiger partial charge in [-0.05, 0) is 54.7 Å². The maximum atomic E-state index is 13.1. The van der Waals surface area contributed by atoms with Crippen LogP contribution in [0.3, 0.4) is 0 Å². The number of ketones is 1. The van der Waals surface area contributed by atoms with Gasteiger partial charge in [-0.1, -0.05) is 20.8 Å². The summed E-state index contributed by atoms with van der Waals surface area (Å²) in [6, 6.07) is 6.88.